The van der Waals surface area contributed by atoms with E-state index in [0.29, 0.717) is 5.75 Å². The molecule has 0 fully saturated rings. The van der Waals surface area contributed by atoms with Gasteiger partial charge in [0.05, 0.1) is 6.04 Å². The van der Waals surface area contributed by atoms with E-state index in [9.17, 15) is 4.21 Å². The van der Waals surface area contributed by atoms with Crippen LogP contribution in [0, 0.1) is 0 Å². The predicted molar refractivity (Wildman–Crippen MR) is 71.6 cm³/mol. The van der Waals surface area contributed by atoms with Gasteiger partial charge in [0.2, 0.25) is 0 Å². The highest BCUT2D eigenvalue weighted by Gasteiger charge is 2.10. The fourth-order valence-corrected chi connectivity index (χ4v) is 2.14. The molecular formula is C13H17NO2S. The highest BCUT2D eigenvalue weighted by molar-refractivity contribution is 7.84. The van der Waals surface area contributed by atoms with Crippen LogP contribution in [0.3, 0.4) is 0 Å². The molecule has 3 nitrogen and oxygen atoms in total. The summed E-state index contributed by atoms with van der Waals surface area (Å²) in [7, 11) is -0.746. The number of hydrogen-bond acceptors (Lipinski definition) is 3. The van der Waals surface area contributed by atoms with Gasteiger partial charge in [-0.05, 0) is 19.1 Å². The minimum absolute atomic E-state index is 0.144. The van der Waals surface area contributed by atoms with Gasteiger partial charge < -0.3 is 9.73 Å². The number of furan rings is 1. The Labute approximate surface area is 104 Å². The standard InChI is InChI=1S/C13H17NO2S/c1-10(14-7-8-17(2)15)13-9-11-5-3-4-6-12(11)16-13/h3-6,9-10,14H,7-8H2,1-2H3. The fourth-order valence-electron chi connectivity index (χ4n) is 1.74. The summed E-state index contributed by atoms with van der Waals surface area (Å²) >= 11 is 0. The smallest absolute Gasteiger partial charge is 0.134 e. The molecule has 0 aliphatic carbocycles. The van der Waals surface area contributed by atoms with E-state index in [4.69, 9.17) is 4.42 Å². The van der Waals surface area contributed by atoms with Gasteiger partial charge >= 0.3 is 0 Å². The molecule has 0 radical (unpaired) electrons. The molecule has 1 N–H and O–H groups in total. The lowest BCUT2D eigenvalue weighted by Crippen LogP contribution is -2.23. The first-order valence-corrected chi connectivity index (χ1v) is 7.41. The van der Waals surface area contributed by atoms with Crippen LogP contribution in [0.25, 0.3) is 11.0 Å². The Morgan fingerprint density at radius 2 is 2.18 bits per heavy atom. The molecule has 2 unspecified atom stereocenters. The van der Waals surface area contributed by atoms with Crippen molar-refractivity contribution in [2.45, 2.75) is 13.0 Å². The molecule has 2 aromatic rings. The van der Waals surface area contributed by atoms with Crippen LogP contribution in [0.15, 0.2) is 34.7 Å². The molecule has 0 saturated carbocycles. The third-order valence-electron chi connectivity index (χ3n) is 2.71. The van der Waals surface area contributed by atoms with Gasteiger partial charge in [0.1, 0.15) is 11.3 Å². The van der Waals surface area contributed by atoms with E-state index in [-0.39, 0.29) is 6.04 Å². The summed E-state index contributed by atoms with van der Waals surface area (Å²) in [5, 5.41) is 4.42. The van der Waals surface area contributed by atoms with E-state index in [1.54, 1.807) is 6.26 Å². The van der Waals surface area contributed by atoms with Crippen molar-refractivity contribution < 1.29 is 8.63 Å². The Morgan fingerprint density at radius 1 is 1.41 bits per heavy atom. The van der Waals surface area contributed by atoms with Crippen LogP contribution < -0.4 is 5.32 Å². The second-order valence-corrected chi connectivity index (χ2v) is 5.69. The Bertz CT molecular complexity index is 488. The minimum atomic E-state index is -0.746. The van der Waals surface area contributed by atoms with E-state index in [1.807, 2.05) is 24.3 Å². The zero-order chi connectivity index (χ0) is 12.3. The van der Waals surface area contributed by atoms with E-state index in [2.05, 4.69) is 18.3 Å². The van der Waals surface area contributed by atoms with Gasteiger partial charge in [-0.2, -0.15) is 0 Å². The third-order valence-corrected chi connectivity index (χ3v) is 3.49. The number of benzene rings is 1. The molecule has 1 heterocycles. The van der Waals surface area contributed by atoms with Crippen molar-refractivity contribution in [1.29, 1.82) is 0 Å². The number of para-hydroxylation sites is 1. The summed E-state index contributed by atoms with van der Waals surface area (Å²) < 4.78 is 16.7. The van der Waals surface area contributed by atoms with Crippen LogP contribution in [-0.2, 0) is 10.8 Å². The highest BCUT2D eigenvalue weighted by atomic mass is 32.2. The summed E-state index contributed by atoms with van der Waals surface area (Å²) in [5.74, 6) is 1.60. The van der Waals surface area contributed by atoms with Crippen molar-refractivity contribution in [1.82, 2.24) is 5.32 Å². The molecule has 0 aliphatic rings. The molecule has 4 heteroatoms. The minimum Gasteiger partial charge on any atom is -0.459 e. The lowest BCUT2D eigenvalue weighted by molar-refractivity contribution is 0.460. The molecule has 1 aromatic heterocycles. The molecule has 0 saturated heterocycles. The Balaban J connectivity index is 2.03. The fraction of sp³-hybridized carbons (Fsp3) is 0.385. The van der Waals surface area contributed by atoms with Crippen LogP contribution in [-0.4, -0.2) is 22.8 Å². The van der Waals surface area contributed by atoms with Gasteiger partial charge in [-0.15, -0.1) is 0 Å². The lowest BCUT2D eigenvalue weighted by atomic mass is 10.2. The second kappa shape index (κ2) is 5.47. The average Bonchev–Trinajstić information content (AvgIpc) is 2.71. The van der Waals surface area contributed by atoms with Gasteiger partial charge in [-0.25, -0.2) is 0 Å². The highest BCUT2D eigenvalue weighted by Crippen LogP contribution is 2.23. The molecule has 0 aliphatic heterocycles. The number of hydrogen-bond donors (Lipinski definition) is 1. The number of nitrogens with one attached hydrogen (secondary N) is 1. The molecule has 1 aromatic carbocycles. The summed E-state index contributed by atoms with van der Waals surface area (Å²) in [4.78, 5) is 0. The maximum atomic E-state index is 11.0. The monoisotopic (exact) mass is 251 g/mol. The van der Waals surface area contributed by atoms with Crippen molar-refractivity contribution in [3.05, 3.63) is 36.1 Å². The summed E-state index contributed by atoms with van der Waals surface area (Å²) in [6, 6.07) is 10.2. The SMILES string of the molecule is CC(NCCS(C)=O)c1cc2ccccc2o1. The van der Waals surface area contributed by atoms with Gasteiger partial charge in [-0.3, -0.25) is 4.21 Å². The first kappa shape index (κ1) is 12.3. The Kier molecular flexibility index (Phi) is 3.97. The van der Waals surface area contributed by atoms with Gasteiger partial charge in [0.25, 0.3) is 0 Å². The molecule has 2 rings (SSSR count). The quantitative estimate of drug-likeness (QED) is 0.887. The first-order chi connectivity index (χ1) is 8.16. The van der Waals surface area contributed by atoms with Gasteiger partial charge in [-0.1, -0.05) is 18.2 Å². The van der Waals surface area contributed by atoms with Crippen LogP contribution >= 0.6 is 0 Å². The summed E-state index contributed by atoms with van der Waals surface area (Å²) in [6.45, 7) is 2.79. The number of rotatable bonds is 5. The molecule has 2 atom stereocenters. The average molecular weight is 251 g/mol. The number of fused-ring (bicyclic) bond motifs is 1. The Morgan fingerprint density at radius 3 is 2.88 bits per heavy atom. The molecular weight excluding hydrogens is 234 g/mol. The van der Waals surface area contributed by atoms with Crippen LogP contribution in [0.2, 0.25) is 0 Å². The second-order valence-electron chi connectivity index (χ2n) is 4.14. The molecule has 0 amide bonds. The van der Waals surface area contributed by atoms with Crippen molar-refractivity contribution >= 4 is 21.8 Å². The topological polar surface area (TPSA) is 42.2 Å². The van der Waals surface area contributed by atoms with Gasteiger partial charge in [0, 0.05) is 34.7 Å². The molecule has 0 spiro atoms. The zero-order valence-corrected chi connectivity index (χ0v) is 10.9. The van der Waals surface area contributed by atoms with E-state index in [0.717, 1.165) is 23.3 Å². The zero-order valence-electron chi connectivity index (χ0n) is 10.1. The molecule has 92 valence electrons. The predicted octanol–water partition coefficient (Wildman–Crippen LogP) is 2.46. The third kappa shape index (κ3) is 3.17. The van der Waals surface area contributed by atoms with E-state index in [1.165, 1.54) is 0 Å². The van der Waals surface area contributed by atoms with Crippen LogP contribution in [0.4, 0.5) is 0 Å². The molecule has 0 bridgehead atoms. The van der Waals surface area contributed by atoms with Crippen LogP contribution in [0.5, 0.6) is 0 Å². The maximum absolute atomic E-state index is 11.0. The lowest BCUT2D eigenvalue weighted by Gasteiger charge is -2.09. The first-order valence-electron chi connectivity index (χ1n) is 5.68. The van der Waals surface area contributed by atoms with E-state index < -0.39 is 10.8 Å². The molecule has 17 heavy (non-hydrogen) atoms. The normalized spacial score (nSPS) is 14.9. The summed E-state index contributed by atoms with van der Waals surface area (Å²) in [5.41, 5.74) is 0.912. The van der Waals surface area contributed by atoms with Crippen molar-refractivity contribution in [2.24, 2.45) is 0 Å². The maximum Gasteiger partial charge on any atom is 0.134 e. The van der Waals surface area contributed by atoms with Crippen LogP contribution in [0.1, 0.15) is 18.7 Å². The van der Waals surface area contributed by atoms with E-state index >= 15 is 0 Å². The van der Waals surface area contributed by atoms with Crippen molar-refractivity contribution in [2.75, 3.05) is 18.6 Å². The van der Waals surface area contributed by atoms with Crippen molar-refractivity contribution in [3.8, 4) is 0 Å². The largest absolute Gasteiger partial charge is 0.459 e. The van der Waals surface area contributed by atoms with Gasteiger partial charge in [0.15, 0.2) is 0 Å². The Hall–Kier alpha value is -1.13. The van der Waals surface area contributed by atoms with Crippen molar-refractivity contribution in [3.63, 3.8) is 0 Å². The summed E-state index contributed by atoms with van der Waals surface area (Å²) in [6.07, 6.45) is 1.72.